The molecule has 0 aliphatic carbocycles. The molecule has 1 aliphatic heterocycles. The van der Waals surface area contributed by atoms with Gasteiger partial charge in [-0.25, -0.2) is 4.98 Å². The number of thiazole rings is 1. The van der Waals surface area contributed by atoms with Crippen molar-refractivity contribution in [2.45, 2.75) is 18.2 Å². The zero-order valence-corrected chi connectivity index (χ0v) is 22.2. The fourth-order valence-electron chi connectivity index (χ4n) is 3.57. The van der Waals surface area contributed by atoms with Gasteiger partial charge in [0.2, 0.25) is 5.91 Å². The number of thioether (sulfide) groups is 1. The van der Waals surface area contributed by atoms with Crippen LogP contribution in [-0.2, 0) is 9.53 Å². The van der Waals surface area contributed by atoms with Gasteiger partial charge in [0.05, 0.1) is 23.4 Å². The second-order valence-corrected chi connectivity index (χ2v) is 10.7. The number of hydrogen-bond donors (Lipinski definition) is 0. The molecule has 1 aliphatic rings. The minimum atomic E-state index is 0. The number of carbonyl (C=O) groups is 1. The molecule has 1 aromatic heterocycles. The highest BCUT2D eigenvalue weighted by Crippen LogP contribution is 2.33. The van der Waals surface area contributed by atoms with Crippen molar-refractivity contribution in [2.24, 2.45) is 0 Å². The van der Waals surface area contributed by atoms with E-state index in [0.29, 0.717) is 28.8 Å². The van der Waals surface area contributed by atoms with Gasteiger partial charge < -0.3 is 4.74 Å². The Morgan fingerprint density at radius 2 is 1.91 bits per heavy atom. The average Bonchev–Trinajstić information content (AvgIpc) is 3.20. The SMILES string of the molecule is Cc1cc(Cl)cc2sc(N(CCN3CCOCC3)C(=O)CCSc3ccc(Cl)cc3)nc12.Cl. The van der Waals surface area contributed by atoms with Crippen molar-refractivity contribution in [3.63, 3.8) is 0 Å². The van der Waals surface area contributed by atoms with Crippen LogP contribution in [0.3, 0.4) is 0 Å². The summed E-state index contributed by atoms with van der Waals surface area (Å²) < 4.78 is 6.45. The van der Waals surface area contributed by atoms with E-state index in [9.17, 15) is 4.79 Å². The first kappa shape index (κ1) is 26.5. The quantitative estimate of drug-likeness (QED) is 0.316. The van der Waals surface area contributed by atoms with Gasteiger partial charge in [0.1, 0.15) is 0 Å². The Bertz CT molecular complexity index is 1070. The largest absolute Gasteiger partial charge is 0.379 e. The van der Waals surface area contributed by atoms with Crippen molar-refractivity contribution in [2.75, 3.05) is 50.0 Å². The molecule has 1 saturated heterocycles. The van der Waals surface area contributed by atoms with Crippen LogP contribution in [0.5, 0.6) is 0 Å². The van der Waals surface area contributed by atoms with E-state index in [4.69, 9.17) is 32.9 Å². The predicted molar refractivity (Wildman–Crippen MR) is 143 cm³/mol. The summed E-state index contributed by atoms with van der Waals surface area (Å²) in [4.78, 5) is 23.4. The fourth-order valence-corrected chi connectivity index (χ4v) is 6.00. The molecule has 10 heteroatoms. The first-order valence-corrected chi connectivity index (χ1v) is 13.1. The van der Waals surface area contributed by atoms with E-state index in [1.165, 1.54) is 11.3 Å². The van der Waals surface area contributed by atoms with E-state index in [1.54, 1.807) is 11.8 Å². The number of halogens is 3. The highest BCUT2D eigenvalue weighted by atomic mass is 35.5. The van der Waals surface area contributed by atoms with Crippen LogP contribution in [0, 0.1) is 6.92 Å². The zero-order chi connectivity index (χ0) is 22.5. The maximum absolute atomic E-state index is 13.3. The van der Waals surface area contributed by atoms with Gasteiger partial charge in [-0.3, -0.25) is 14.6 Å². The second kappa shape index (κ2) is 12.6. The molecule has 1 fully saturated rings. The van der Waals surface area contributed by atoms with Crippen molar-refractivity contribution in [3.8, 4) is 0 Å². The van der Waals surface area contributed by atoms with Crippen molar-refractivity contribution < 1.29 is 9.53 Å². The second-order valence-electron chi connectivity index (χ2n) is 7.62. The number of ether oxygens (including phenoxy) is 1. The third-order valence-electron chi connectivity index (χ3n) is 5.31. The third kappa shape index (κ3) is 7.21. The molecule has 4 rings (SSSR count). The normalized spacial score (nSPS) is 14.3. The smallest absolute Gasteiger partial charge is 0.229 e. The van der Waals surface area contributed by atoms with E-state index >= 15 is 0 Å². The highest BCUT2D eigenvalue weighted by Gasteiger charge is 2.22. The monoisotopic (exact) mass is 545 g/mol. The van der Waals surface area contributed by atoms with Crippen molar-refractivity contribution in [1.29, 1.82) is 0 Å². The number of anilines is 1. The topological polar surface area (TPSA) is 45.7 Å². The number of rotatable bonds is 8. The molecular weight excluding hydrogens is 521 g/mol. The molecule has 2 aromatic carbocycles. The molecule has 0 spiro atoms. The summed E-state index contributed by atoms with van der Waals surface area (Å²) in [6.07, 6.45) is 0.437. The maximum atomic E-state index is 13.3. The summed E-state index contributed by atoms with van der Waals surface area (Å²) in [6, 6.07) is 11.5. The van der Waals surface area contributed by atoms with Gasteiger partial charge in [-0.15, -0.1) is 24.2 Å². The Kier molecular flexibility index (Phi) is 10.1. The third-order valence-corrected chi connectivity index (χ3v) is 7.82. The van der Waals surface area contributed by atoms with Crippen LogP contribution in [0.1, 0.15) is 12.0 Å². The number of amides is 1. The number of nitrogens with zero attached hydrogens (tertiary/aromatic N) is 3. The molecule has 0 saturated carbocycles. The molecule has 1 amide bonds. The van der Waals surface area contributed by atoms with E-state index in [0.717, 1.165) is 58.7 Å². The Labute approximate surface area is 218 Å². The van der Waals surface area contributed by atoms with E-state index < -0.39 is 0 Å². The number of morpholine rings is 1. The number of benzene rings is 2. The molecule has 0 atom stereocenters. The van der Waals surface area contributed by atoms with Gasteiger partial charge >= 0.3 is 0 Å². The minimum absolute atomic E-state index is 0. The first-order valence-electron chi connectivity index (χ1n) is 10.5. The van der Waals surface area contributed by atoms with Crippen molar-refractivity contribution >= 4 is 80.0 Å². The van der Waals surface area contributed by atoms with E-state index in [1.807, 2.05) is 48.2 Å². The molecule has 0 N–H and O–H groups in total. The number of hydrogen-bond acceptors (Lipinski definition) is 6. The lowest BCUT2D eigenvalue weighted by molar-refractivity contribution is -0.118. The summed E-state index contributed by atoms with van der Waals surface area (Å²) in [6.45, 7) is 6.67. The summed E-state index contributed by atoms with van der Waals surface area (Å²) in [5.41, 5.74) is 1.93. The maximum Gasteiger partial charge on any atom is 0.229 e. The Hall–Kier alpha value is -1.06. The average molecular weight is 547 g/mol. The molecule has 33 heavy (non-hydrogen) atoms. The van der Waals surface area contributed by atoms with Crippen LogP contribution in [0.15, 0.2) is 41.3 Å². The van der Waals surface area contributed by atoms with Gasteiger partial charge in [0.15, 0.2) is 5.13 Å². The summed E-state index contributed by atoms with van der Waals surface area (Å²) in [5, 5.41) is 2.14. The predicted octanol–water partition coefficient (Wildman–Crippen LogP) is 6.18. The molecule has 0 radical (unpaired) electrons. The van der Waals surface area contributed by atoms with Gasteiger partial charge in [-0.2, -0.15) is 0 Å². The molecule has 0 unspecified atom stereocenters. The Balaban J connectivity index is 0.00000306. The molecule has 5 nitrogen and oxygen atoms in total. The fraction of sp³-hybridized carbons (Fsp3) is 0.391. The number of carbonyl (C=O) groups excluding carboxylic acids is 1. The van der Waals surface area contributed by atoms with E-state index in [-0.39, 0.29) is 18.3 Å². The van der Waals surface area contributed by atoms with Crippen molar-refractivity contribution in [3.05, 3.63) is 52.0 Å². The number of fused-ring (bicyclic) bond motifs is 1. The van der Waals surface area contributed by atoms with Gasteiger partial charge in [-0.05, 0) is 48.9 Å². The minimum Gasteiger partial charge on any atom is -0.379 e. The Morgan fingerprint density at radius 3 is 2.64 bits per heavy atom. The van der Waals surface area contributed by atoms with Crippen LogP contribution in [0.4, 0.5) is 5.13 Å². The van der Waals surface area contributed by atoms with E-state index in [2.05, 4.69) is 4.90 Å². The van der Waals surface area contributed by atoms with Crippen molar-refractivity contribution in [1.82, 2.24) is 9.88 Å². The molecular formula is C23H26Cl3N3O2S2. The Morgan fingerprint density at radius 1 is 1.18 bits per heavy atom. The summed E-state index contributed by atoms with van der Waals surface area (Å²) in [7, 11) is 0. The van der Waals surface area contributed by atoms with Gasteiger partial charge in [-0.1, -0.05) is 34.5 Å². The molecule has 2 heterocycles. The number of aromatic nitrogens is 1. The molecule has 0 bridgehead atoms. The van der Waals surface area contributed by atoms with Crippen LogP contribution in [0.25, 0.3) is 10.2 Å². The molecule has 3 aromatic rings. The van der Waals surface area contributed by atoms with Gasteiger partial charge in [0, 0.05) is 53.3 Å². The highest BCUT2D eigenvalue weighted by molar-refractivity contribution is 7.99. The summed E-state index contributed by atoms with van der Waals surface area (Å²) in [5.74, 6) is 0.784. The van der Waals surface area contributed by atoms with Crippen LogP contribution in [0.2, 0.25) is 10.0 Å². The lowest BCUT2D eigenvalue weighted by Gasteiger charge is -2.29. The van der Waals surface area contributed by atoms with Crippen LogP contribution in [-0.4, -0.2) is 60.9 Å². The lowest BCUT2D eigenvalue weighted by Crippen LogP contribution is -2.43. The lowest BCUT2D eigenvalue weighted by atomic mass is 10.2. The summed E-state index contributed by atoms with van der Waals surface area (Å²) >= 11 is 15.4. The van der Waals surface area contributed by atoms with Crippen LogP contribution >= 0.6 is 58.7 Å². The molecule has 178 valence electrons. The first-order chi connectivity index (χ1) is 15.5. The van der Waals surface area contributed by atoms with Gasteiger partial charge in [0.25, 0.3) is 0 Å². The number of aryl methyl sites for hydroxylation is 1. The van der Waals surface area contributed by atoms with Crippen LogP contribution < -0.4 is 4.90 Å². The zero-order valence-electron chi connectivity index (χ0n) is 18.3. The standard InChI is InChI=1S/C23H25Cl2N3O2S2.ClH/c1-16-14-18(25)15-20-22(16)26-23(32-20)28(8-7-27-9-11-30-12-10-27)21(29)6-13-31-19-4-2-17(24)3-5-19;/h2-5,14-15H,6-13H2,1H3;1H.